The van der Waals surface area contributed by atoms with Crippen LogP contribution in [0.3, 0.4) is 0 Å². The quantitative estimate of drug-likeness (QED) is 0.755. The number of likely N-dealkylation sites (tertiary alicyclic amines) is 1. The van der Waals surface area contributed by atoms with Crippen LogP contribution in [0.15, 0.2) is 36.2 Å². The van der Waals surface area contributed by atoms with Crippen LogP contribution in [-0.4, -0.2) is 44.1 Å². The highest BCUT2D eigenvalue weighted by molar-refractivity contribution is 5.34. The monoisotopic (exact) mass is 405 g/mol. The Morgan fingerprint density at radius 1 is 1.21 bits per heavy atom. The molecule has 0 N–H and O–H groups in total. The first kappa shape index (κ1) is 20.1. The van der Waals surface area contributed by atoms with Gasteiger partial charge in [0.05, 0.1) is 5.69 Å². The van der Waals surface area contributed by atoms with E-state index in [9.17, 15) is 13.2 Å². The number of aromatic nitrogens is 4. The van der Waals surface area contributed by atoms with E-state index in [1.165, 1.54) is 5.57 Å². The fourth-order valence-corrected chi connectivity index (χ4v) is 4.15. The van der Waals surface area contributed by atoms with E-state index in [4.69, 9.17) is 0 Å². The summed E-state index contributed by atoms with van der Waals surface area (Å²) >= 11 is 0. The fraction of sp³-hybridized carbons (Fsp3) is 0.571. The highest BCUT2D eigenvalue weighted by Gasteiger charge is 2.36. The van der Waals surface area contributed by atoms with E-state index in [-0.39, 0.29) is 17.1 Å². The van der Waals surface area contributed by atoms with E-state index in [0.29, 0.717) is 18.2 Å². The molecule has 0 spiro atoms. The molecule has 8 heteroatoms. The summed E-state index contributed by atoms with van der Waals surface area (Å²) in [5, 5.41) is 3.68. The van der Waals surface area contributed by atoms with Crippen LogP contribution in [0, 0.1) is 11.3 Å². The Balaban J connectivity index is 1.53. The molecule has 0 amide bonds. The summed E-state index contributed by atoms with van der Waals surface area (Å²) < 4.78 is 41.2. The Hall–Kier alpha value is -2.22. The van der Waals surface area contributed by atoms with E-state index in [1.54, 1.807) is 0 Å². The zero-order valence-corrected chi connectivity index (χ0v) is 16.9. The van der Waals surface area contributed by atoms with Crippen molar-refractivity contribution in [3.63, 3.8) is 0 Å². The van der Waals surface area contributed by atoms with Crippen molar-refractivity contribution in [1.29, 1.82) is 0 Å². The molecule has 156 valence electrons. The summed E-state index contributed by atoms with van der Waals surface area (Å²) in [6, 6.07) is 1.14. The number of alkyl halides is 3. The van der Waals surface area contributed by atoms with E-state index in [0.717, 1.165) is 42.8 Å². The second-order valence-corrected chi connectivity index (χ2v) is 9.10. The Morgan fingerprint density at radius 3 is 2.69 bits per heavy atom. The number of rotatable bonds is 3. The largest absolute Gasteiger partial charge is 0.433 e. The molecular weight excluding hydrogens is 379 g/mol. The van der Waals surface area contributed by atoms with E-state index in [2.05, 4.69) is 59.0 Å². The molecule has 0 saturated carbocycles. The number of hydrogen-bond donors (Lipinski definition) is 0. The molecular formula is C21H26F3N5. The number of nitrogens with zero attached hydrogens (tertiary/aromatic N) is 5. The normalized spacial score (nSPS) is 23.7. The standard InChI is InChI=1S/C21H26F3N5/c1-20(2,3)16-7-6-14(9-16)11-28-8-4-5-15(12-28)17-10-18(21(22,23)24)29-19(27-17)25-13-26-29/h6-7,9-10,13,15-16H,4-5,8,11-12H2,1-3H3. The minimum atomic E-state index is -4.50. The van der Waals surface area contributed by atoms with Crippen LogP contribution in [0.4, 0.5) is 13.2 Å². The summed E-state index contributed by atoms with van der Waals surface area (Å²) in [5.74, 6) is 0.377. The molecule has 0 radical (unpaired) electrons. The predicted octanol–water partition coefficient (Wildman–Crippen LogP) is 4.48. The van der Waals surface area contributed by atoms with Crippen molar-refractivity contribution in [3.8, 4) is 0 Å². The van der Waals surface area contributed by atoms with Crippen molar-refractivity contribution in [2.75, 3.05) is 19.6 Å². The third kappa shape index (κ3) is 4.22. The molecule has 1 saturated heterocycles. The van der Waals surface area contributed by atoms with Crippen LogP contribution in [-0.2, 0) is 6.18 Å². The lowest BCUT2D eigenvalue weighted by molar-refractivity contribution is -0.142. The van der Waals surface area contributed by atoms with Crippen molar-refractivity contribution in [2.24, 2.45) is 11.3 Å². The second-order valence-electron chi connectivity index (χ2n) is 9.10. The van der Waals surface area contributed by atoms with Crippen LogP contribution >= 0.6 is 0 Å². The summed E-state index contributed by atoms with van der Waals surface area (Å²) in [7, 11) is 0. The molecule has 0 aromatic carbocycles. The Bertz CT molecular complexity index is 951. The lowest BCUT2D eigenvalue weighted by Gasteiger charge is -2.33. The molecule has 2 unspecified atom stereocenters. The summed E-state index contributed by atoms with van der Waals surface area (Å²) in [5.41, 5.74) is 1.10. The van der Waals surface area contributed by atoms with Crippen LogP contribution in [0.5, 0.6) is 0 Å². The number of halogens is 3. The van der Waals surface area contributed by atoms with Gasteiger partial charge in [-0.2, -0.15) is 27.8 Å². The molecule has 3 heterocycles. The highest BCUT2D eigenvalue weighted by atomic mass is 19.4. The zero-order valence-electron chi connectivity index (χ0n) is 16.9. The number of piperidine rings is 1. The maximum Gasteiger partial charge on any atom is 0.433 e. The fourth-order valence-electron chi connectivity index (χ4n) is 4.15. The summed E-state index contributed by atoms with van der Waals surface area (Å²) in [6.07, 6.45) is 5.11. The molecule has 29 heavy (non-hydrogen) atoms. The molecule has 0 bridgehead atoms. The van der Waals surface area contributed by atoms with Gasteiger partial charge < -0.3 is 0 Å². The van der Waals surface area contributed by atoms with Gasteiger partial charge in [-0.3, -0.25) is 4.90 Å². The molecule has 2 aromatic rings. The smallest absolute Gasteiger partial charge is 0.298 e. The Morgan fingerprint density at radius 2 is 2.00 bits per heavy atom. The molecule has 1 aliphatic heterocycles. The molecule has 2 aliphatic rings. The molecule has 1 aliphatic carbocycles. The van der Waals surface area contributed by atoms with Gasteiger partial charge >= 0.3 is 6.18 Å². The number of allylic oxidation sites excluding steroid dienone is 2. The van der Waals surface area contributed by atoms with Crippen LogP contribution < -0.4 is 0 Å². The van der Waals surface area contributed by atoms with Gasteiger partial charge in [-0.25, -0.2) is 4.98 Å². The average Bonchev–Trinajstić information content (AvgIpc) is 3.29. The summed E-state index contributed by atoms with van der Waals surface area (Å²) in [4.78, 5) is 10.6. The lowest BCUT2D eigenvalue weighted by Crippen LogP contribution is -2.36. The van der Waals surface area contributed by atoms with Gasteiger partial charge in [-0.05, 0) is 36.4 Å². The SMILES string of the molecule is CC(C)(C)C1C=CC(CN2CCCC(c3cc(C(F)(F)F)n4ncnc4n3)C2)=C1. The van der Waals surface area contributed by atoms with Crippen molar-refractivity contribution >= 4 is 5.78 Å². The average molecular weight is 405 g/mol. The first-order chi connectivity index (χ1) is 13.6. The molecule has 4 rings (SSSR count). The maximum absolute atomic E-state index is 13.5. The van der Waals surface area contributed by atoms with E-state index < -0.39 is 11.9 Å². The Kier molecular flexibility index (Phi) is 5.01. The van der Waals surface area contributed by atoms with Gasteiger partial charge in [0.25, 0.3) is 5.78 Å². The first-order valence-electron chi connectivity index (χ1n) is 10.0. The third-order valence-corrected chi connectivity index (χ3v) is 5.80. The van der Waals surface area contributed by atoms with Crippen molar-refractivity contribution in [1.82, 2.24) is 24.5 Å². The van der Waals surface area contributed by atoms with Crippen LogP contribution in [0.25, 0.3) is 5.78 Å². The Labute approximate surface area is 168 Å². The highest BCUT2D eigenvalue weighted by Crippen LogP contribution is 2.35. The van der Waals surface area contributed by atoms with Gasteiger partial charge in [0.15, 0.2) is 5.69 Å². The second kappa shape index (κ2) is 7.23. The minimum Gasteiger partial charge on any atom is -0.298 e. The summed E-state index contributed by atoms with van der Waals surface area (Å²) in [6.45, 7) is 9.13. The van der Waals surface area contributed by atoms with Gasteiger partial charge in [0.2, 0.25) is 0 Å². The van der Waals surface area contributed by atoms with Gasteiger partial charge in [0, 0.05) is 24.9 Å². The van der Waals surface area contributed by atoms with E-state index in [1.807, 2.05) is 0 Å². The molecule has 5 nitrogen and oxygen atoms in total. The number of hydrogen-bond acceptors (Lipinski definition) is 4. The lowest BCUT2D eigenvalue weighted by atomic mass is 9.82. The topological polar surface area (TPSA) is 46.3 Å². The zero-order chi connectivity index (χ0) is 20.8. The van der Waals surface area contributed by atoms with Crippen molar-refractivity contribution < 1.29 is 13.2 Å². The molecule has 1 fully saturated rings. The van der Waals surface area contributed by atoms with E-state index >= 15 is 0 Å². The van der Waals surface area contributed by atoms with Crippen molar-refractivity contribution in [2.45, 2.75) is 45.7 Å². The van der Waals surface area contributed by atoms with Crippen molar-refractivity contribution in [3.05, 3.63) is 47.6 Å². The van der Waals surface area contributed by atoms with Gasteiger partial charge in [0.1, 0.15) is 6.33 Å². The molecule has 2 aromatic heterocycles. The van der Waals surface area contributed by atoms with Crippen LogP contribution in [0.1, 0.15) is 50.9 Å². The third-order valence-electron chi connectivity index (χ3n) is 5.80. The predicted molar refractivity (Wildman–Crippen MR) is 104 cm³/mol. The first-order valence-corrected chi connectivity index (χ1v) is 10.0. The minimum absolute atomic E-state index is 0.00130. The van der Waals surface area contributed by atoms with Gasteiger partial charge in [-0.1, -0.05) is 39.0 Å². The maximum atomic E-state index is 13.5. The molecule has 2 atom stereocenters. The van der Waals surface area contributed by atoms with Crippen LogP contribution in [0.2, 0.25) is 0 Å². The number of fused-ring (bicyclic) bond motifs is 1. The van der Waals surface area contributed by atoms with Gasteiger partial charge in [-0.15, -0.1) is 0 Å².